The maximum Gasteiger partial charge on any atom is 0.212 e. The van der Waals surface area contributed by atoms with Gasteiger partial charge in [-0.05, 0) is 37.6 Å². The molecule has 4 heterocycles. The van der Waals surface area contributed by atoms with Gasteiger partial charge in [0, 0.05) is 43.8 Å². The van der Waals surface area contributed by atoms with Crippen molar-refractivity contribution >= 4 is 17.2 Å². The maximum atomic E-state index is 5.55. The molecule has 0 radical (unpaired) electrons. The Morgan fingerprint density at radius 2 is 2.06 bits per heavy atom. The number of amidine groups is 1. The number of nitrogens with zero attached hydrogens (tertiary/aromatic N) is 5. The van der Waals surface area contributed by atoms with E-state index in [1.807, 2.05) is 43.5 Å². The fourth-order valence-corrected chi connectivity index (χ4v) is 3.53. The van der Waals surface area contributed by atoms with Gasteiger partial charge in [-0.15, -0.1) is 0 Å². The molecule has 0 aliphatic carbocycles. The predicted molar refractivity (Wildman–Crippen MR) is 126 cm³/mol. The summed E-state index contributed by atoms with van der Waals surface area (Å²) in [6.07, 6.45) is 6.37. The van der Waals surface area contributed by atoms with E-state index in [2.05, 4.69) is 31.2 Å². The summed E-state index contributed by atoms with van der Waals surface area (Å²) in [6, 6.07) is 11.8. The number of hydrogen-bond donors (Lipinski definition) is 1. The van der Waals surface area contributed by atoms with Gasteiger partial charge in [-0.2, -0.15) is 0 Å². The minimum atomic E-state index is 0.536. The van der Waals surface area contributed by atoms with Crippen LogP contribution in [0.3, 0.4) is 0 Å². The maximum absolute atomic E-state index is 5.55. The number of ether oxygens (including phenoxy) is 2. The molecule has 3 aromatic heterocycles. The zero-order valence-electron chi connectivity index (χ0n) is 18.5. The van der Waals surface area contributed by atoms with E-state index in [-0.39, 0.29) is 0 Å². The van der Waals surface area contributed by atoms with Crippen LogP contribution in [0.4, 0.5) is 11.4 Å². The third-order valence-corrected chi connectivity index (χ3v) is 5.16. The molecule has 1 aliphatic heterocycles. The van der Waals surface area contributed by atoms with Crippen molar-refractivity contribution in [1.29, 1.82) is 0 Å². The van der Waals surface area contributed by atoms with Gasteiger partial charge in [-0.1, -0.05) is 6.07 Å². The van der Waals surface area contributed by atoms with E-state index in [9.17, 15) is 0 Å². The van der Waals surface area contributed by atoms with E-state index in [4.69, 9.17) is 14.5 Å². The van der Waals surface area contributed by atoms with E-state index in [0.29, 0.717) is 19.0 Å². The summed E-state index contributed by atoms with van der Waals surface area (Å²) in [5, 5.41) is 3.45. The lowest BCUT2D eigenvalue weighted by atomic mass is 10.1. The molecule has 0 aromatic carbocycles. The number of nitrogens with one attached hydrogen (secondary N) is 1. The second-order valence-corrected chi connectivity index (χ2v) is 7.36. The molecule has 0 fully saturated rings. The molecule has 166 valence electrons. The highest BCUT2D eigenvalue weighted by molar-refractivity contribution is 6.04. The lowest BCUT2D eigenvalue weighted by Gasteiger charge is -2.33. The normalized spacial score (nSPS) is 14.2. The second-order valence-electron chi connectivity index (χ2n) is 7.36. The Bertz CT molecular complexity index is 1040. The Labute approximate surface area is 188 Å². The van der Waals surface area contributed by atoms with Crippen LogP contribution in [0.15, 0.2) is 60.0 Å². The molecule has 4 rings (SSSR count). The quantitative estimate of drug-likeness (QED) is 0.515. The van der Waals surface area contributed by atoms with Crippen LogP contribution in [0.5, 0.6) is 5.88 Å². The van der Waals surface area contributed by atoms with Gasteiger partial charge >= 0.3 is 0 Å². The van der Waals surface area contributed by atoms with Crippen molar-refractivity contribution in [1.82, 2.24) is 15.0 Å². The third kappa shape index (κ3) is 5.39. The van der Waals surface area contributed by atoms with Gasteiger partial charge in [0.05, 0.1) is 49.2 Å². The van der Waals surface area contributed by atoms with Gasteiger partial charge in [0.25, 0.3) is 0 Å². The molecule has 0 amide bonds. The number of aliphatic imine (C=N–C) groups is 1. The van der Waals surface area contributed by atoms with Crippen LogP contribution < -0.4 is 15.0 Å². The Kier molecular flexibility index (Phi) is 7.24. The molecule has 0 spiro atoms. The third-order valence-electron chi connectivity index (χ3n) is 5.16. The van der Waals surface area contributed by atoms with Crippen LogP contribution in [-0.4, -0.2) is 54.2 Å². The molecule has 8 nitrogen and oxygen atoms in total. The lowest BCUT2D eigenvalue weighted by molar-refractivity contribution is 0.146. The molecule has 0 unspecified atom stereocenters. The first kappa shape index (κ1) is 21.7. The molecule has 32 heavy (non-hydrogen) atoms. The molecule has 0 bridgehead atoms. The minimum Gasteiger partial charge on any atom is -0.481 e. The number of methoxy groups -OCH3 is 1. The Morgan fingerprint density at radius 1 is 1.12 bits per heavy atom. The lowest BCUT2D eigenvalue weighted by Crippen LogP contribution is -2.39. The summed E-state index contributed by atoms with van der Waals surface area (Å²) in [6.45, 7) is 5.57. The molecule has 0 saturated carbocycles. The highest BCUT2D eigenvalue weighted by Crippen LogP contribution is 2.33. The average Bonchev–Trinajstić information content (AvgIpc) is 2.85. The van der Waals surface area contributed by atoms with Crippen LogP contribution in [0.25, 0.3) is 11.3 Å². The Balaban J connectivity index is 1.57. The van der Waals surface area contributed by atoms with E-state index in [1.165, 1.54) is 0 Å². The zero-order valence-corrected chi connectivity index (χ0v) is 18.5. The van der Waals surface area contributed by atoms with Crippen LogP contribution in [0.1, 0.15) is 19.0 Å². The van der Waals surface area contributed by atoms with Gasteiger partial charge in [-0.25, -0.2) is 4.98 Å². The van der Waals surface area contributed by atoms with E-state index < -0.39 is 0 Å². The highest BCUT2D eigenvalue weighted by atomic mass is 16.5. The predicted octanol–water partition coefficient (Wildman–Crippen LogP) is 3.80. The van der Waals surface area contributed by atoms with Crippen LogP contribution in [-0.2, 0) is 11.3 Å². The van der Waals surface area contributed by atoms with Gasteiger partial charge in [0.2, 0.25) is 5.88 Å². The summed E-state index contributed by atoms with van der Waals surface area (Å²) in [5.74, 6) is 1.49. The van der Waals surface area contributed by atoms with Crippen molar-refractivity contribution < 1.29 is 9.47 Å². The van der Waals surface area contributed by atoms with Gasteiger partial charge < -0.3 is 19.7 Å². The summed E-state index contributed by atoms with van der Waals surface area (Å²) in [7, 11) is 1.61. The van der Waals surface area contributed by atoms with Crippen molar-refractivity contribution in [3.8, 4) is 17.1 Å². The number of rotatable bonds is 9. The second kappa shape index (κ2) is 10.7. The summed E-state index contributed by atoms with van der Waals surface area (Å²) >= 11 is 0. The molecule has 0 atom stereocenters. The van der Waals surface area contributed by atoms with Crippen LogP contribution in [0, 0.1) is 0 Å². The minimum absolute atomic E-state index is 0.536. The van der Waals surface area contributed by atoms with Crippen molar-refractivity contribution in [2.24, 2.45) is 4.99 Å². The van der Waals surface area contributed by atoms with Gasteiger partial charge in [-0.3, -0.25) is 15.0 Å². The summed E-state index contributed by atoms with van der Waals surface area (Å²) < 4.78 is 10.7. The molecular weight excluding hydrogens is 404 g/mol. The summed E-state index contributed by atoms with van der Waals surface area (Å²) in [4.78, 5) is 20.4. The van der Waals surface area contributed by atoms with Crippen LogP contribution >= 0.6 is 0 Å². The smallest absolute Gasteiger partial charge is 0.212 e. The number of aromatic nitrogens is 3. The fraction of sp³-hybridized carbons (Fsp3) is 0.333. The fourth-order valence-electron chi connectivity index (χ4n) is 3.53. The van der Waals surface area contributed by atoms with Crippen molar-refractivity contribution in [2.45, 2.75) is 19.9 Å². The van der Waals surface area contributed by atoms with Crippen molar-refractivity contribution in [2.75, 3.05) is 43.6 Å². The molecule has 3 aromatic rings. The molecule has 1 aliphatic rings. The van der Waals surface area contributed by atoms with Crippen molar-refractivity contribution in [3.05, 3.63) is 60.7 Å². The Hall–Kier alpha value is -3.52. The van der Waals surface area contributed by atoms with Crippen LogP contribution in [0.2, 0.25) is 0 Å². The molecule has 8 heteroatoms. The molecule has 0 saturated heterocycles. The molecule has 1 N–H and O–H groups in total. The largest absolute Gasteiger partial charge is 0.481 e. The summed E-state index contributed by atoms with van der Waals surface area (Å²) in [5.41, 5.74) is 4.79. The SMILES string of the molecule is CCOCCCN1CC(=NCc2ccccn2)Nc2cnc(-c3ccc(OC)nc3)cc21. The van der Waals surface area contributed by atoms with E-state index >= 15 is 0 Å². The number of pyridine rings is 3. The number of anilines is 2. The average molecular weight is 433 g/mol. The van der Waals surface area contributed by atoms with Gasteiger partial charge in [0.15, 0.2) is 0 Å². The molecular formula is C24H28N6O2. The highest BCUT2D eigenvalue weighted by Gasteiger charge is 2.22. The topological polar surface area (TPSA) is 84.8 Å². The number of fused-ring (bicyclic) bond motifs is 1. The van der Waals surface area contributed by atoms with E-state index in [0.717, 1.165) is 60.3 Å². The number of hydrogen-bond acceptors (Lipinski definition) is 7. The standard InChI is InChI=1S/C24H28N6O2/c1-3-32-12-6-11-30-17-23(27-15-19-7-4-5-10-25-19)29-21-16-26-20(13-22(21)30)18-8-9-24(31-2)28-14-18/h4-5,7-10,13-14,16H,3,6,11-12,15,17H2,1-2H3,(H,27,29). The first-order chi connectivity index (χ1) is 15.8. The van der Waals surface area contributed by atoms with E-state index in [1.54, 1.807) is 19.5 Å². The first-order valence-electron chi connectivity index (χ1n) is 10.8. The first-order valence-corrected chi connectivity index (χ1v) is 10.8. The van der Waals surface area contributed by atoms with Gasteiger partial charge in [0.1, 0.15) is 5.84 Å². The Morgan fingerprint density at radius 3 is 2.81 bits per heavy atom. The van der Waals surface area contributed by atoms with Crippen molar-refractivity contribution in [3.63, 3.8) is 0 Å². The zero-order chi connectivity index (χ0) is 22.2. The monoisotopic (exact) mass is 432 g/mol.